The molecule has 1 aromatic heterocycles. The SMILES string of the molecule is COc1cc(I)c(C(=O)NCCc2nccn2C)cc1OC. The lowest BCUT2D eigenvalue weighted by molar-refractivity contribution is 0.0952. The van der Waals surface area contributed by atoms with Crippen molar-refractivity contribution >= 4 is 28.5 Å². The van der Waals surface area contributed by atoms with Crippen LogP contribution in [0, 0.1) is 3.57 Å². The third-order valence-electron chi connectivity index (χ3n) is 3.27. The summed E-state index contributed by atoms with van der Waals surface area (Å²) in [6.07, 6.45) is 4.31. The van der Waals surface area contributed by atoms with Crippen LogP contribution in [0.25, 0.3) is 0 Å². The summed E-state index contributed by atoms with van der Waals surface area (Å²) in [5.74, 6) is 1.94. The number of imidazole rings is 1. The number of methoxy groups -OCH3 is 2. The number of aromatic nitrogens is 2. The first kappa shape index (κ1) is 16.6. The number of amides is 1. The van der Waals surface area contributed by atoms with E-state index in [-0.39, 0.29) is 5.91 Å². The fourth-order valence-electron chi connectivity index (χ4n) is 2.05. The number of benzene rings is 1. The van der Waals surface area contributed by atoms with Gasteiger partial charge in [-0.25, -0.2) is 4.98 Å². The van der Waals surface area contributed by atoms with Crippen LogP contribution in [-0.2, 0) is 13.5 Å². The van der Waals surface area contributed by atoms with Crippen molar-refractivity contribution in [1.29, 1.82) is 0 Å². The second-order valence-corrected chi connectivity index (χ2v) is 5.81. The maximum atomic E-state index is 12.3. The predicted molar refractivity (Wildman–Crippen MR) is 91.5 cm³/mol. The predicted octanol–water partition coefficient (Wildman–Crippen LogP) is 2.01. The first-order valence-electron chi connectivity index (χ1n) is 6.72. The van der Waals surface area contributed by atoms with Crippen molar-refractivity contribution in [3.63, 3.8) is 0 Å². The lowest BCUT2D eigenvalue weighted by Crippen LogP contribution is -2.27. The molecule has 7 heteroatoms. The first-order valence-corrected chi connectivity index (χ1v) is 7.80. The summed E-state index contributed by atoms with van der Waals surface area (Å²) in [7, 11) is 5.05. The number of carbonyl (C=O) groups excluding carboxylic acids is 1. The summed E-state index contributed by atoms with van der Waals surface area (Å²) in [6, 6.07) is 3.48. The third-order valence-corrected chi connectivity index (χ3v) is 4.17. The highest BCUT2D eigenvalue weighted by atomic mass is 127. The molecule has 1 N–H and O–H groups in total. The van der Waals surface area contributed by atoms with Crippen molar-refractivity contribution in [2.24, 2.45) is 7.05 Å². The fourth-order valence-corrected chi connectivity index (χ4v) is 2.73. The highest BCUT2D eigenvalue weighted by Gasteiger charge is 2.15. The smallest absolute Gasteiger partial charge is 0.252 e. The minimum atomic E-state index is -0.139. The van der Waals surface area contributed by atoms with Gasteiger partial charge in [-0.15, -0.1) is 0 Å². The molecule has 0 aliphatic heterocycles. The van der Waals surface area contributed by atoms with Crippen LogP contribution in [-0.4, -0.2) is 36.2 Å². The van der Waals surface area contributed by atoms with Gasteiger partial charge in [0.2, 0.25) is 0 Å². The molecule has 22 heavy (non-hydrogen) atoms. The molecule has 2 aromatic rings. The number of nitrogens with zero attached hydrogens (tertiary/aromatic N) is 2. The second-order valence-electron chi connectivity index (χ2n) is 4.65. The van der Waals surface area contributed by atoms with Crippen LogP contribution in [0.15, 0.2) is 24.5 Å². The summed E-state index contributed by atoms with van der Waals surface area (Å²) in [5.41, 5.74) is 0.568. The molecule has 1 amide bonds. The number of hydrogen-bond acceptors (Lipinski definition) is 4. The van der Waals surface area contributed by atoms with Crippen molar-refractivity contribution in [2.45, 2.75) is 6.42 Å². The van der Waals surface area contributed by atoms with Gasteiger partial charge in [-0.3, -0.25) is 4.79 Å². The van der Waals surface area contributed by atoms with Crippen molar-refractivity contribution in [3.8, 4) is 11.5 Å². The lowest BCUT2D eigenvalue weighted by Gasteiger charge is -2.12. The summed E-state index contributed by atoms with van der Waals surface area (Å²) >= 11 is 2.11. The lowest BCUT2D eigenvalue weighted by atomic mass is 10.2. The van der Waals surface area contributed by atoms with Gasteiger partial charge in [0.15, 0.2) is 11.5 Å². The standard InChI is InChI=1S/C15H18IN3O3/c1-19-7-6-17-14(19)4-5-18-15(20)10-8-12(21-2)13(22-3)9-11(10)16/h6-9H,4-5H2,1-3H3,(H,18,20). The van der Waals surface area contributed by atoms with Crippen LogP contribution in [0.1, 0.15) is 16.2 Å². The first-order chi connectivity index (χ1) is 10.6. The van der Waals surface area contributed by atoms with Gasteiger partial charge >= 0.3 is 0 Å². The molecule has 1 aromatic carbocycles. The number of nitrogens with one attached hydrogen (secondary N) is 1. The number of hydrogen-bond donors (Lipinski definition) is 1. The van der Waals surface area contributed by atoms with Crippen LogP contribution in [0.5, 0.6) is 11.5 Å². The molecule has 0 atom stereocenters. The Hall–Kier alpha value is -1.77. The highest BCUT2D eigenvalue weighted by molar-refractivity contribution is 14.1. The highest BCUT2D eigenvalue weighted by Crippen LogP contribution is 2.31. The van der Waals surface area contributed by atoms with Gasteiger partial charge in [-0.1, -0.05) is 0 Å². The number of ether oxygens (including phenoxy) is 2. The molecule has 0 radical (unpaired) electrons. The summed E-state index contributed by atoms with van der Waals surface area (Å²) in [6.45, 7) is 0.522. The van der Waals surface area contributed by atoms with Crippen molar-refractivity contribution in [1.82, 2.24) is 14.9 Å². The molecule has 6 nitrogen and oxygen atoms in total. The number of rotatable bonds is 6. The van der Waals surface area contributed by atoms with E-state index in [1.165, 1.54) is 0 Å². The van der Waals surface area contributed by atoms with Gasteiger partial charge in [0.1, 0.15) is 5.82 Å². The third kappa shape index (κ3) is 3.70. The van der Waals surface area contributed by atoms with E-state index >= 15 is 0 Å². The van der Waals surface area contributed by atoms with Crippen molar-refractivity contribution in [2.75, 3.05) is 20.8 Å². The maximum absolute atomic E-state index is 12.3. The molecule has 1 heterocycles. The van der Waals surface area contributed by atoms with E-state index in [0.29, 0.717) is 30.0 Å². The zero-order chi connectivity index (χ0) is 16.1. The average molecular weight is 415 g/mol. The minimum absolute atomic E-state index is 0.139. The van der Waals surface area contributed by atoms with E-state index in [1.807, 2.05) is 17.8 Å². The van der Waals surface area contributed by atoms with Gasteiger partial charge in [0.25, 0.3) is 5.91 Å². The topological polar surface area (TPSA) is 65.4 Å². The molecule has 0 aliphatic carbocycles. The quantitative estimate of drug-likeness (QED) is 0.734. The fraction of sp³-hybridized carbons (Fsp3) is 0.333. The Kier molecular flexibility index (Phi) is 5.64. The van der Waals surface area contributed by atoms with Crippen LogP contribution < -0.4 is 14.8 Å². The molecule has 0 saturated heterocycles. The van der Waals surface area contributed by atoms with E-state index in [0.717, 1.165) is 9.39 Å². The molecule has 0 unspecified atom stereocenters. The van der Waals surface area contributed by atoms with Gasteiger partial charge in [-0.2, -0.15) is 0 Å². The van der Waals surface area contributed by atoms with Crippen LogP contribution in [0.3, 0.4) is 0 Å². The summed E-state index contributed by atoms with van der Waals surface area (Å²) in [5, 5.41) is 2.90. The Morgan fingerprint density at radius 3 is 2.59 bits per heavy atom. The maximum Gasteiger partial charge on any atom is 0.252 e. The van der Waals surface area contributed by atoms with Crippen molar-refractivity contribution in [3.05, 3.63) is 39.5 Å². The zero-order valence-corrected chi connectivity index (χ0v) is 14.9. The van der Waals surface area contributed by atoms with E-state index in [1.54, 1.807) is 32.5 Å². The second kappa shape index (κ2) is 7.48. The molecule has 0 bridgehead atoms. The van der Waals surface area contributed by atoms with Gasteiger partial charge in [0, 0.05) is 36.0 Å². The number of halogens is 1. The molecular weight excluding hydrogens is 397 g/mol. The molecule has 2 rings (SSSR count). The van der Waals surface area contributed by atoms with Gasteiger partial charge in [0.05, 0.1) is 19.8 Å². The monoisotopic (exact) mass is 415 g/mol. The molecule has 0 spiro atoms. The Bertz CT molecular complexity index is 670. The zero-order valence-electron chi connectivity index (χ0n) is 12.7. The molecule has 0 aliphatic rings. The number of aryl methyl sites for hydroxylation is 1. The Morgan fingerprint density at radius 2 is 2.00 bits per heavy atom. The Balaban J connectivity index is 2.04. The van der Waals surface area contributed by atoms with Gasteiger partial charge in [-0.05, 0) is 34.7 Å². The van der Waals surface area contributed by atoms with E-state index in [4.69, 9.17) is 9.47 Å². The van der Waals surface area contributed by atoms with Crippen LogP contribution in [0.4, 0.5) is 0 Å². The average Bonchev–Trinajstić information content (AvgIpc) is 2.92. The molecule has 0 fully saturated rings. The van der Waals surface area contributed by atoms with E-state index < -0.39 is 0 Å². The van der Waals surface area contributed by atoms with Gasteiger partial charge < -0.3 is 19.4 Å². The molecular formula is C15H18IN3O3. The van der Waals surface area contributed by atoms with Crippen LogP contribution >= 0.6 is 22.6 Å². The van der Waals surface area contributed by atoms with E-state index in [2.05, 4.69) is 32.9 Å². The Morgan fingerprint density at radius 1 is 1.32 bits per heavy atom. The minimum Gasteiger partial charge on any atom is -0.493 e. The van der Waals surface area contributed by atoms with Crippen molar-refractivity contribution < 1.29 is 14.3 Å². The largest absolute Gasteiger partial charge is 0.493 e. The van der Waals surface area contributed by atoms with Crippen LogP contribution in [0.2, 0.25) is 0 Å². The number of carbonyl (C=O) groups is 1. The Labute approximate surface area is 143 Å². The molecule has 118 valence electrons. The summed E-state index contributed by atoms with van der Waals surface area (Å²) in [4.78, 5) is 16.5. The molecule has 0 saturated carbocycles. The summed E-state index contributed by atoms with van der Waals surface area (Å²) < 4.78 is 13.2. The van der Waals surface area contributed by atoms with E-state index in [9.17, 15) is 4.79 Å². The normalized spacial score (nSPS) is 10.4.